The molecule has 4 heteroatoms. The summed E-state index contributed by atoms with van der Waals surface area (Å²) in [7, 11) is -0.637. The molecule has 1 saturated heterocycles. The minimum atomic E-state index is -0.637. The molecule has 0 aromatic heterocycles. The summed E-state index contributed by atoms with van der Waals surface area (Å²) in [5, 5.41) is 3.48. The summed E-state index contributed by atoms with van der Waals surface area (Å²) >= 11 is 0. The molecule has 0 aromatic carbocycles. The number of hydrogen-bond acceptors (Lipinski definition) is 3. The van der Waals surface area contributed by atoms with Crippen LogP contribution in [-0.4, -0.2) is 53.3 Å². The van der Waals surface area contributed by atoms with Crippen LogP contribution < -0.4 is 5.32 Å². The van der Waals surface area contributed by atoms with Crippen LogP contribution in [0.4, 0.5) is 0 Å². The van der Waals surface area contributed by atoms with E-state index >= 15 is 0 Å². The molecular formula is C10H22N2OS. The van der Waals surface area contributed by atoms with Gasteiger partial charge < -0.3 is 10.2 Å². The number of rotatable bonds is 5. The van der Waals surface area contributed by atoms with Gasteiger partial charge in [0.15, 0.2) is 0 Å². The fourth-order valence-electron chi connectivity index (χ4n) is 1.91. The largest absolute Gasteiger partial charge is 0.314 e. The summed E-state index contributed by atoms with van der Waals surface area (Å²) in [5.41, 5.74) is 0. The second kappa shape index (κ2) is 6.53. The summed E-state index contributed by atoms with van der Waals surface area (Å²) in [5.74, 6) is 0.825. The summed E-state index contributed by atoms with van der Waals surface area (Å²) < 4.78 is 10.9. The van der Waals surface area contributed by atoms with Gasteiger partial charge in [-0.15, -0.1) is 0 Å². The molecule has 1 atom stereocenters. The molecule has 0 spiro atoms. The predicted molar refractivity (Wildman–Crippen MR) is 62.1 cm³/mol. The van der Waals surface area contributed by atoms with Gasteiger partial charge in [-0.05, 0) is 32.5 Å². The Hall–Kier alpha value is 0.0700. The third kappa shape index (κ3) is 4.53. The smallest absolute Gasteiger partial charge is 0.0359 e. The summed E-state index contributed by atoms with van der Waals surface area (Å²) in [6, 6.07) is 0.711. The number of hydrogen-bond donors (Lipinski definition) is 1. The van der Waals surface area contributed by atoms with E-state index in [0.29, 0.717) is 6.04 Å². The summed E-state index contributed by atoms with van der Waals surface area (Å²) in [6.45, 7) is 6.56. The standard InChI is InChI=1S/C10H22N2OS/c1-3-11-10-4-6-12(7-5-10)8-9-14(2)13/h10-11H,3-9H2,1-2H3. The number of nitrogens with one attached hydrogen (secondary N) is 1. The Morgan fingerprint density at radius 2 is 2.07 bits per heavy atom. The Kier molecular flexibility index (Phi) is 5.67. The van der Waals surface area contributed by atoms with Crippen molar-refractivity contribution in [3.8, 4) is 0 Å². The first-order chi connectivity index (χ1) is 6.72. The molecule has 3 nitrogen and oxygen atoms in total. The SMILES string of the molecule is CCNC1CCN(CCS(C)=O)CC1. The van der Waals surface area contributed by atoms with Gasteiger partial charge in [-0.1, -0.05) is 6.92 Å². The highest BCUT2D eigenvalue weighted by Gasteiger charge is 2.17. The molecule has 1 aliphatic rings. The van der Waals surface area contributed by atoms with Crippen LogP contribution in [0.5, 0.6) is 0 Å². The average Bonchev–Trinajstić information content (AvgIpc) is 2.17. The molecule has 0 radical (unpaired) electrons. The van der Waals surface area contributed by atoms with Crippen LogP contribution in [0, 0.1) is 0 Å². The molecule has 1 N–H and O–H groups in total. The molecule has 1 fully saturated rings. The second-order valence-corrected chi connectivity index (χ2v) is 5.51. The molecule has 84 valence electrons. The van der Waals surface area contributed by atoms with Crippen molar-refractivity contribution < 1.29 is 4.21 Å². The van der Waals surface area contributed by atoms with Gasteiger partial charge in [-0.25, -0.2) is 0 Å². The highest BCUT2D eigenvalue weighted by atomic mass is 32.2. The van der Waals surface area contributed by atoms with Gasteiger partial charge in [0.1, 0.15) is 0 Å². The van der Waals surface area contributed by atoms with E-state index in [1.54, 1.807) is 6.26 Å². The quantitative estimate of drug-likeness (QED) is 0.727. The van der Waals surface area contributed by atoms with Gasteiger partial charge in [-0.2, -0.15) is 0 Å². The minimum Gasteiger partial charge on any atom is -0.314 e. The van der Waals surface area contributed by atoms with Gasteiger partial charge in [0.05, 0.1) is 0 Å². The van der Waals surface area contributed by atoms with E-state index in [2.05, 4.69) is 17.1 Å². The van der Waals surface area contributed by atoms with Crippen molar-refractivity contribution in [3.63, 3.8) is 0 Å². The third-order valence-electron chi connectivity index (χ3n) is 2.78. The van der Waals surface area contributed by atoms with Crippen molar-refractivity contribution in [2.75, 3.05) is 38.2 Å². The second-order valence-electron chi connectivity index (χ2n) is 3.95. The Balaban J connectivity index is 2.12. The lowest BCUT2D eigenvalue weighted by molar-refractivity contribution is 0.209. The fraction of sp³-hybridized carbons (Fsp3) is 1.00. The maximum atomic E-state index is 10.9. The van der Waals surface area contributed by atoms with Crippen LogP contribution in [0.1, 0.15) is 19.8 Å². The molecule has 0 amide bonds. The van der Waals surface area contributed by atoms with Gasteiger partial charge in [0.25, 0.3) is 0 Å². The lowest BCUT2D eigenvalue weighted by Crippen LogP contribution is -2.43. The van der Waals surface area contributed by atoms with Crippen LogP contribution in [0.3, 0.4) is 0 Å². The predicted octanol–water partition coefficient (Wildman–Crippen LogP) is 0.439. The lowest BCUT2D eigenvalue weighted by Gasteiger charge is -2.31. The van der Waals surface area contributed by atoms with E-state index in [0.717, 1.165) is 31.9 Å². The Labute approximate surface area is 89.7 Å². The first kappa shape index (κ1) is 12.1. The molecule has 0 bridgehead atoms. The third-order valence-corrected chi connectivity index (χ3v) is 3.53. The molecule has 1 heterocycles. The highest BCUT2D eigenvalue weighted by Crippen LogP contribution is 2.09. The Morgan fingerprint density at radius 1 is 1.43 bits per heavy atom. The molecule has 0 saturated carbocycles. The Morgan fingerprint density at radius 3 is 2.57 bits per heavy atom. The molecule has 1 aliphatic heterocycles. The van der Waals surface area contributed by atoms with Crippen molar-refractivity contribution in [2.24, 2.45) is 0 Å². The van der Waals surface area contributed by atoms with Crippen molar-refractivity contribution in [3.05, 3.63) is 0 Å². The zero-order valence-electron chi connectivity index (χ0n) is 9.29. The van der Waals surface area contributed by atoms with E-state index in [4.69, 9.17) is 0 Å². The van der Waals surface area contributed by atoms with Crippen molar-refractivity contribution >= 4 is 10.8 Å². The van der Waals surface area contributed by atoms with Crippen molar-refractivity contribution in [1.82, 2.24) is 10.2 Å². The van der Waals surface area contributed by atoms with Gasteiger partial charge in [-0.3, -0.25) is 4.21 Å². The van der Waals surface area contributed by atoms with Gasteiger partial charge in [0, 0.05) is 35.4 Å². The highest BCUT2D eigenvalue weighted by molar-refractivity contribution is 7.84. The number of piperidine rings is 1. The number of likely N-dealkylation sites (tertiary alicyclic amines) is 1. The lowest BCUT2D eigenvalue weighted by atomic mass is 10.1. The van der Waals surface area contributed by atoms with Crippen LogP contribution in [-0.2, 0) is 10.8 Å². The zero-order chi connectivity index (χ0) is 10.4. The van der Waals surface area contributed by atoms with Crippen molar-refractivity contribution in [2.45, 2.75) is 25.8 Å². The Bertz CT molecular complexity index is 179. The van der Waals surface area contributed by atoms with Crippen LogP contribution in [0.2, 0.25) is 0 Å². The zero-order valence-corrected chi connectivity index (χ0v) is 10.1. The summed E-state index contributed by atoms with van der Waals surface area (Å²) in [4.78, 5) is 2.43. The maximum absolute atomic E-state index is 10.9. The number of nitrogens with zero attached hydrogens (tertiary/aromatic N) is 1. The van der Waals surface area contributed by atoms with E-state index in [1.165, 1.54) is 12.8 Å². The van der Waals surface area contributed by atoms with Gasteiger partial charge in [0.2, 0.25) is 0 Å². The first-order valence-electron chi connectivity index (χ1n) is 5.48. The van der Waals surface area contributed by atoms with E-state index in [9.17, 15) is 4.21 Å². The van der Waals surface area contributed by atoms with E-state index in [1.807, 2.05) is 0 Å². The van der Waals surface area contributed by atoms with E-state index in [-0.39, 0.29) is 0 Å². The molecule has 0 aromatic rings. The molecule has 14 heavy (non-hydrogen) atoms. The first-order valence-corrected chi connectivity index (χ1v) is 7.21. The van der Waals surface area contributed by atoms with Crippen LogP contribution in [0.25, 0.3) is 0 Å². The van der Waals surface area contributed by atoms with Gasteiger partial charge >= 0.3 is 0 Å². The maximum Gasteiger partial charge on any atom is 0.0359 e. The topological polar surface area (TPSA) is 32.3 Å². The average molecular weight is 218 g/mol. The molecule has 1 rings (SSSR count). The molecular weight excluding hydrogens is 196 g/mol. The normalized spacial score (nSPS) is 22.4. The van der Waals surface area contributed by atoms with E-state index < -0.39 is 10.8 Å². The van der Waals surface area contributed by atoms with Crippen molar-refractivity contribution in [1.29, 1.82) is 0 Å². The monoisotopic (exact) mass is 218 g/mol. The van der Waals surface area contributed by atoms with Crippen LogP contribution >= 0.6 is 0 Å². The minimum absolute atomic E-state index is 0.637. The summed E-state index contributed by atoms with van der Waals surface area (Å²) in [6.07, 6.45) is 4.26. The molecule has 1 unspecified atom stereocenters. The molecule has 0 aliphatic carbocycles. The van der Waals surface area contributed by atoms with Crippen LogP contribution in [0.15, 0.2) is 0 Å². The fourth-order valence-corrected chi connectivity index (χ4v) is 2.42.